The van der Waals surface area contributed by atoms with E-state index in [1.54, 1.807) is 0 Å². The lowest BCUT2D eigenvalue weighted by Crippen LogP contribution is -2.35. The zero-order valence-corrected chi connectivity index (χ0v) is 12.5. The first-order valence-electron chi connectivity index (χ1n) is 7.77. The first-order chi connectivity index (χ1) is 10.1. The zero-order valence-electron chi connectivity index (χ0n) is 12.5. The molecule has 1 saturated carbocycles. The summed E-state index contributed by atoms with van der Waals surface area (Å²) >= 11 is 0. The fourth-order valence-corrected chi connectivity index (χ4v) is 3.33. The molecule has 1 atom stereocenters. The molecule has 1 aromatic rings. The van der Waals surface area contributed by atoms with Crippen molar-refractivity contribution in [3.63, 3.8) is 0 Å². The molecule has 5 heteroatoms. The van der Waals surface area contributed by atoms with Gasteiger partial charge >= 0.3 is 0 Å². The van der Waals surface area contributed by atoms with Crippen LogP contribution in [-0.4, -0.2) is 17.5 Å². The number of halogens is 1. The molecular weight excluding hydrogens is 271 g/mol. The fourth-order valence-electron chi connectivity index (χ4n) is 3.33. The van der Waals surface area contributed by atoms with E-state index in [-0.39, 0.29) is 5.69 Å². The minimum atomic E-state index is -0.536. The van der Waals surface area contributed by atoms with E-state index in [2.05, 4.69) is 12.2 Å². The molecule has 0 heterocycles. The summed E-state index contributed by atoms with van der Waals surface area (Å²) in [6.45, 7) is 3.01. The van der Waals surface area contributed by atoms with Gasteiger partial charge in [0.25, 0.3) is 5.69 Å². The van der Waals surface area contributed by atoms with Crippen LogP contribution in [0.15, 0.2) is 18.2 Å². The van der Waals surface area contributed by atoms with Crippen LogP contribution in [-0.2, 0) is 6.42 Å². The highest BCUT2D eigenvalue weighted by Gasteiger charge is 2.24. The quantitative estimate of drug-likeness (QED) is 0.614. The minimum Gasteiger partial charge on any atom is -0.314 e. The lowest BCUT2D eigenvalue weighted by molar-refractivity contribution is -0.385. The Balaban J connectivity index is 2.01. The summed E-state index contributed by atoms with van der Waals surface area (Å²) in [5.41, 5.74) is 0.550. The summed E-state index contributed by atoms with van der Waals surface area (Å²) in [5, 5.41) is 14.3. The number of hydrogen-bond donors (Lipinski definition) is 1. The monoisotopic (exact) mass is 294 g/mol. The van der Waals surface area contributed by atoms with Crippen molar-refractivity contribution >= 4 is 5.69 Å². The lowest BCUT2D eigenvalue weighted by Gasteiger charge is -2.24. The Morgan fingerprint density at radius 3 is 2.71 bits per heavy atom. The third kappa shape index (κ3) is 4.49. The maximum atomic E-state index is 13.4. The highest BCUT2D eigenvalue weighted by atomic mass is 19.1. The molecule has 0 saturated heterocycles. The average molecular weight is 294 g/mol. The van der Waals surface area contributed by atoms with Crippen LogP contribution in [0.1, 0.15) is 44.6 Å². The van der Waals surface area contributed by atoms with E-state index in [4.69, 9.17) is 0 Å². The first-order valence-corrected chi connectivity index (χ1v) is 7.77. The number of nitrogens with zero attached hydrogens (tertiary/aromatic N) is 1. The van der Waals surface area contributed by atoms with Gasteiger partial charge < -0.3 is 5.32 Å². The number of rotatable bonds is 7. The highest BCUT2D eigenvalue weighted by Crippen LogP contribution is 2.30. The van der Waals surface area contributed by atoms with E-state index >= 15 is 0 Å². The predicted octanol–water partition coefficient (Wildman–Crippen LogP) is 3.83. The molecule has 1 fully saturated rings. The number of nitro benzene ring substituents is 1. The highest BCUT2D eigenvalue weighted by molar-refractivity contribution is 5.35. The second kappa shape index (κ2) is 7.50. The molecular formula is C16H23FN2O2. The van der Waals surface area contributed by atoms with Crippen molar-refractivity contribution in [2.24, 2.45) is 5.92 Å². The molecule has 0 aromatic heterocycles. The van der Waals surface area contributed by atoms with Crippen LogP contribution in [0.25, 0.3) is 0 Å². The number of nitrogens with one attached hydrogen (secondary N) is 1. The van der Waals surface area contributed by atoms with Crippen LogP contribution < -0.4 is 5.32 Å². The van der Waals surface area contributed by atoms with E-state index in [0.29, 0.717) is 23.9 Å². The maximum Gasteiger partial charge on any atom is 0.272 e. The predicted molar refractivity (Wildman–Crippen MR) is 80.8 cm³/mol. The summed E-state index contributed by atoms with van der Waals surface area (Å²) in [4.78, 5) is 10.2. The van der Waals surface area contributed by atoms with Crippen molar-refractivity contribution < 1.29 is 9.31 Å². The molecule has 0 aliphatic heterocycles. The number of nitro groups is 1. The largest absolute Gasteiger partial charge is 0.314 e. The van der Waals surface area contributed by atoms with Gasteiger partial charge in [-0.25, -0.2) is 4.39 Å². The van der Waals surface area contributed by atoms with E-state index < -0.39 is 10.7 Å². The molecule has 1 aliphatic carbocycles. The van der Waals surface area contributed by atoms with Crippen LogP contribution in [0.2, 0.25) is 0 Å². The number of aryl methyl sites for hydroxylation is 1. The molecule has 21 heavy (non-hydrogen) atoms. The Morgan fingerprint density at radius 1 is 1.38 bits per heavy atom. The van der Waals surface area contributed by atoms with Crippen LogP contribution in [0, 0.1) is 21.8 Å². The Labute approximate surface area is 124 Å². The maximum absolute atomic E-state index is 13.4. The third-order valence-corrected chi connectivity index (χ3v) is 4.33. The topological polar surface area (TPSA) is 55.2 Å². The standard InChI is InChI=1S/C16H23FN2O2/c1-2-18-16(13-5-3-4-6-13)8-7-12-9-14(17)11-15(10-12)19(20)21/h9-11,13,16,18H,2-8H2,1H3. The SMILES string of the molecule is CCNC(CCc1cc(F)cc([N+](=O)[O-])c1)C1CCCC1. The second-order valence-electron chi connectivity index (χ2n) is 5.82. The molecule has 0 amide bonds. The zero-order chi connectivity index (χ0) is 15.2. The van der Waals surface area contributed by atoms with Crippen LogP contribution >= 0.6 is 0 Å². The Hall–Kier alpha value is -1.49. The lowest BCUT2D eigenvalue weighted by atomic mass is 9.92. The third-order valence-electron chi connectivity index (χ3n) is 4.33. The van der Waals surface area contributed by atoms with Gasteiger partial charge in [-0.2, -0.15) is 0 Å². The molecule has 0 radical (unpaired) electrons. The van der Waals surface area contributed by atoms with E-state index in [0.717, 1.165) is 19.0 Å². The van der Waals surface area contributed by atoms with E-state index in [9.17, 15) is 14.5 Å². The van der Waals surface area contributed by atoms with Crippen LogP contribution in [0.4, 0.5) is 10.1 Å². The molecule has 4 nitrogen and oxygen atoms in total. The summed E-state index contributed by atoms with van der Waals surface area (Å²) in [6.07, 6.45) is 6.66. The number of benzene rings is 1. The van der Waals surface area contributed by atoms with Crippen molar-refractivity contribution in [1.82, 2.24) is 5.32 Å². The summed E-state index contributed by atoms with van der Waals surface area (Å²) in [6, 6.07) is 4.30. The molecule has 2 rings (SSSR count). The van der Waals surface area contributed by atoms with Gasteiger partial charge in [0.05, 0.1) is 11.0 Å². The van der Waals surface area contributed by atoms with E-state index in [1.807, 2.05) is 0 Å². The van der Waals surface area contributed by atoms with Gasteiger partial charge in [-0.05, 0) is 49.8 Å². The molecule has 1 unspecified atom stereocenters. The van der Waals surface area contributed by atoms with Gasteiger partial charge in [-0.3, -0.25) is 10.1 Å². The van der Waals surface area contributed by atoms with Gasteiger partial charge in [0.2, 0.25) is 0 Å². The van der Waals surface area contributed by atoms with Crippen molar-refractivity contribution in [1.29, 1.82) is 0 Å². The molecule has 1 aliphatic rings. The number of hydrogen-bond acceptors (Lipinski definition) is 3. The average Bonchev–Trinajstić information content (AvgIpc) is 2.96. The summed E-state index contributed by atoms with van der Waals surface area (Å²) in [5.74, 6) is 0.161. The second-order valence-corrected chi connectivity index (χ2v) is 5.82. The fraction of sp³-hybridized carbons (Fsp3) is 0.625. The van der Waals surface area contributed by atoms with Gasteiger partial charge in [0.1, 0.15) is 5.82 Å². The first kappa shape index (κ1) is 15.9. The molecule has 0 bridgehead atoms. The Bertz CT molecular complexity index is 487. The molecule has 1 aromatic carbocycles. The number of non-ortho nitro benzene ring substituents is 1. The summed E-state index contributed by atoms with van der Waals surface area (Å²) in [7, 11) is 0. The van der Waals surface area contributed by atoms with Crippen LogP contribution in [0.5, 0.6) is 0 Å². The Kier molecular flexibility index (Phi) is 5.67. The molecule has 116 valence electrons. The van der Waals surface area contributed by atoms with E-state index in [1.165, 1.54) is 37.8 Å². The van der Waals surface area contributed by atoms with Gasteiger partial charge in [-0.15, -0.1) is 0 Å². The minimum absolute atomic E-state index is 0.161. The van der Waals surface area contributed by atoms with Gasteiger partial charge in [0.15, 0.2) is 0 Å². The van der Waals surface area contributed by atoms with Gasteiger partial charge in [0, 0.05) is 12.1 Å². The normalized spacial score (nSPS) is 17.0. The van der Waals surface area contributed by atoms with Crippen molar-refractivity contribution in [3.8, 4) is 0 Å². The van der Waals surface area contributed by atoms with Crippen molar-refractivity contribution in [2.75, 3.05) is 6.54 Å². The Morgan fingerprint density at radius 2 is 2.10 bits per heavy atom. The van der Waals surface area contributed by atoms with Crippen molar-refractivity contribution in [2.45, 2.75) is 51.5 Å². The smallest absolute Gasteiger partial charge is 0.272 e. The molecule has 1 N–H and O–H groups in total. The van der Waals surface area contributed by atoms with Gasteiger partial charge in [-0.1, -0.05) is 19.8 Å². The van der Waals surface area contributed by atoms with Crippen LogP contribution in [0.3, 0.4) is 0 Å². The summed E-state index contributed by atoms with van der Waals surface area (Å²) < 4.78 is 13.4. The van der Waals surface area contributed by atoms with Crippen molar-refractivity contribution in [3.05, 3.63) is 39.7 Å². The molecule has 0 spiro atoms.